The molecule has 6 nitrogen and oxygen atoms in total. The number of carboxylic acids is 1. The van der Waals surface area contributed by atoms with Gasteiger partial charge in [0.15, 0.2) is 0 Å². The Bertz CT molecular complexity index is 812. The van der Waals surface area contributed by atoms with Crippen LogP contribution >= 0.6 is 15.9 Å². The number of nitrogen functional groups attached to an aromatic ring is 1. The third kappa shape index (κ3) is 3.99. The number of nitrogens with two attached hydrogens (primary N) is 1. The van der Waals surface area contributed by atoms with Crippen molar-refractivity contribution >= 4 is 33.7 Å². The van der Waals surface area contributed by atoms with Crippen molar-refractivity contribution in [2.75, 3.05) is 18.8 Å². The summed E-state index contributed by atoms with van der Waals surface area (Å²) in [4.78, 5) is 25.5. The smallest absolute Gasteiger partial charge is 0.410 e. The minimum atomic E-state index is -0.935. The van der Waals surface area contributed by atoms with E-state index in [1.165, 1.54) is 4.90 Å². The summed E-state index contributed by atoms with van der Waals surface area (Å²) in [7, 11) is 0. The summed E-state index contributed by atoms with van der Waals surface area (Å²) in [6, 6.07) is 14.7. The van der Waals surface area contributed by atoms with Gasteiger partial charge in [0.1, 0.15) is 6.61 Å². The molecular formula is C19H19BrN2O4. The molecule has 1 fully saturated rings. The molecule has 136 valence electrons. The minimum absolute atomic E-state index is 0.115. The first-order valence-corrected chi connectivity index (χ1v) is 8.98. The highest BCUT2D eigenvalue weighted by Gasteiger charge is 2.41. The van der Waals surface area contributed by atoms with Crippen LogP contribution in [0.25, 0.3) is 0 Å². The van der Waals surface area contributed by atoms with E-state index in [-0.39, 0.29) is 25.6 Å². The zero-order valence-electron chi connectivity index (χ0n) is 14.0. The number of hydrogen-bond donors (Lipinski definition) is 2. The Kier molecular flexibility index (Phi) is 5.46. The van der Waals surface area contributed by atoms with Crippen molar-refractivity contribution in [2.24, 2.45) is 5.92 Å². The molecule has 0 aliphatic carbocycles. The van der Waals surface area contributed by atoms with Crippen LogP contribution < -0.4 is 5.73 Å². The summed E-state index contributed by atoms with van der Waals surface area (Å²) < 4.78 is 6.08. The van der Waals surface area contributed by atoms with Gasteiger partial charge in [-0.1, -0.05) is 36.4 Å². The molecule has 1 aliphatic rings. The lowest BCUT2D eigenvalue weighted by molar-refractivity contribution is -0.141. The summed E-state index contributed by atoms with van der Waals surface area (Å²) in [6.07, 6.45) is -0.507. The minimum Gasteiger partial charge on any atom is -0.481 e. The van der Waals surface area contributed by atoms with Gasteiger partial charge in [0.05, 0.1) is 5.92 Å². The van der Waals surface area contributed by atoms with Gasteiger partial charge < -0.3 is 20.5 Å². The zero-order valence-corrected chi connectivity index (χ0v) is 15.6. The van der Waals surface area contributed by atoms with E-state index in [9.17, 15) is 14.7 Å². The number of amides is 1. The van der Waals surface area contributed by atoms with E-state index in [0.717, 1.165) is 15.6 Å². The molecule has 0 aromatic heterocycles. The van der Waals surface area contributed by atoms with Crippen molar-refractivity contribution in [1.82, 2.24) is 4.90 Å². The first-order valence-electron chi connectivity index (χ1n) is 8.19. The van der Waals surface area contributed by atoms with Crippen molar-refractivity contribution in [3.63, 3.8) is 0 Å². The lowest BCUT2D eigenvalue weighted by Crippen LogP contribution is -2.30. The summed E-state index contributed by atoms with van der Waals surface area (Å²) in [5.74, 6) is -1.96. The van der Waals surface area contributed by atoms with Crippen LogP contribution in [0.3, 0.4) is 0 Å². The van der Waals surface area contributed by atoms with Crippen LogP contribution in [-0.2, 0) is 16.1 Å². The van der Waals surface area contributed by atoms with Crippen molar-refractivity contribution in [2.45, 2.75) is 12.5 Å². The molecule has 3 rings (SSSR count). The van der Waals surface area contributed by atoms with E-state index in [2.05, 4.69) is 15.9 Å². The fraction of sp³-hybridized carbons (Fsp3) is 0.263. The van der Waals surface area contributed by atoms with E-state index >= 15 is 0 Å². The summed E-state index contributed by atoms with van der Waals surface area (Å²) >= 11 is 3.33. The normalized spacial score (nSPS) is 19.3. The van der Waals surface area contributed by atoms with Gasteiger partial charge in [-0.05, 0) is 39.2 Å². The molecule has 1 aliphatic heterocycles. The third-order valence-electron chi connectivity index (χ3n) is 4.55. The number of carboxylic acid groups (broad SMARTS) is 1. The van der Waals surface area contributed by atoms with Crippen LogP contribution in [0, 0.1) is 5.92 Å². The summed E-state index contributed by atoms with van der Waals surface area (Å²) in [5, 5.41) is 9.56. The second-order valence-electron chi connectivity index (χ2n) is 6.28. The molecule has 1 saturated heterocycles. The third-order valence-corrected chi connectivity index (χ3v) is 5.27. The highest BCUT2D eigenvalue weighted by atomic mass is 79.9. The largest absolute Gasteiger partial charge is 0.481 e. The molecule has 0 spiro atoms. The molecule has 2 aromatic carbocycles. The van der Waals surface area contributed by atoms with Gasteiger partial charge in [0, 0.05) is 29.2 Å². The number of nitrogens with zero attached hydrogens (tertiary/aromatic N) is 1. The Morgan fingerprint density at radius 2 is 1.92 bits per heavy atom. The number of hydrogen-bond acceptors (Lipinski definition) is 4. The molecule has 0 bridgehead atoms. The number of aliphatic carboxylic acids is 1. The number of anilines is 1. The Hall–Kier alpha value is -2.54. The average molecular weight is 419 g/mol. The molecule has 0 radical (unpaired) electrons. The molecule has 0 saturated carbocycles. The number of carbonyl (C=O) groups excluding carboxylic acids is 1. The highest BCUT2D eigenvalue weighted by Crippen LogP contribution is 2.35. The predicted octanol–water partition coefficient (Wildman–Crippen LogP) is 3.47. The molecule has 26 heavy (non-hydrogen) atoms. The Morgan fingerprint density at radius 1 is 1.19 bits per heavy atom. The van der Waals surface area contributed by atoms with Gasteiger partial charge in [-0.15, -0.1) is 0 Å². The van der Waals surface area contributed by atoms with Gasteiger partial charge in [-0.25, -0.2) is 4.79 Å². The Labute approximate surface area is 159 Å². The monoisotopic (exact) mass is 418 g/mol. The van der Waals surface area contributed by atoms with Crippen molar-refractivity contribution < 1.29 is 19.4 Å². The topological polar surface area (TPSA) is 92.9 Å². The fourth-order valence-corrected chi connectivity index (χ4v) is 3.39. The summed E-state index contributed by atoms with van der Waals surface area (Å²) in [5.41, 5.74) is 8.14. The predicted molar refractivity (Wildman–Crippen MR) is 101 cm³/mol. The Morgan fingerprint density at radius 3 is 2.58 bits per heavy atom. The van der Waals surface area contributed by atoms with Gasteiger partial charge in [-0.3, -0.25) is 4.79 Å². The number of ether oxygens (including phenoxy) is 1. The number of carbonyl (C=O) groups is 2. The van der Waals surface area contributed by atoms with Gasteiger partial charge >= 0.3 is 12.1 Å². The number of benzene rings is 2. The van der Waals surface area contributed by atoms with Crippen molar-refractivity contribution in [3.8, 4) is 0 Å². The van der Waals surface area contributed by atoms with Crippen LogP contribution in [0.4, 0.5) is 10.5 Å². The second kappa shape index (κ2) is 7.78. The van der Waals surface area contributed by atoms with Crippen molar-refractivity contribution in [3.05, 3.63) is 64.1 Å². The maximum atomic E-state index is 12.4. The summed E-state index contributed by atoms with van der Waals surface area (Å²) in [6.45, 7) is 0.555. The van der Waals surface area contributed by atoms with Gasteiger partial charge in [0.25, 0.3) is 0 Å². The van der Waals surface area contributed by atoms with E-state index in [1.807, 2.05) is 36.4 Å². The fourth-order valence-electron chi connectivity index (χ4n) is 3.14. The van der Waals surface area contributed by atoms with Crippen LogP contribution in [0.5, 0.6) is 0 Å². The number of halogens is 1. The Balaban J connectivity index is 1.71. The van der Waals surface area contributed by atoms with E-state index in [0.29, 0.717) is 5.69 Å². The molecule has 7 heteroatoms. The number of likely N-dealkylation sites (tertiary alicyclic amines) is 1. The number of rotatable bonds is 4. The van der Waals surface area contributed by atoms with Crippen LogP contribution in [0.2, 0.25) is 0 Å². The maximum absolute atomic E-state index is 12.4. The van der Waals surface area contributed by atoms with E-state index in [4.69, 9.17) is 10.5 Å². The van der Waals surface area contributed by atoms with Gasteiger partial charge in [-0.2, -0.15) is 0 Å². The van der Waals surface area contributed by atoms with Crippen LogP contribution in [0.1, 0.15) is 17.0 Å². The van der Waals surface area contributed by atoms with E-state index < -0.39 is 18.0 Å². The standard InChI is InChI=1S/C19H19BrN2O4/c20-16-7-6-13(8-17(16)21)14-9-22(10-15(14)18(23)24)19(25)26-11-12-4-2-1-3-5-12/h1-8,14-15H,9-11,21H2,(H,23,24). The van der Waals surface area contributed by atoms with Gasteiger partial charge in [0.2, 0.25) is 0 Å². The van der Waals surface area contributed by atoms with Crippen LogP contribution in [-0.4, -0.2) is 35.2 Å². The lowest BCUT2D eigenvalue weighted by atomic mass is 9.89. The maximum Gasteiger partial charge on any atom is 0.410 e. The molecular weight excluding hydrogens is 400 g/mol. The van der Waals surface area contributed by atoms with Crippen molar-refractivity contribution in [1.29, 1.82) is 0 Å². The van der Waals surface area contributed by atoms with Crippen LogP contribution in [0.15, 0.2) is 53.0 Å². The van der Waals surface area contributed by atoms with E-state index in [1.54, 1.807) is 12.1 Å². The SMILES string of the molecule is Nc1cc(C2CN(C(=O)OCc3ccccc3)CC2C(=O)O)ccc1Br. The molecule has 2 aromatic rings. The first-order chi connectivity index (χ1) is 12.5. The average Bonchev–Trinajstić information content (AvgIpc) is 3.09. The molecule has 3 N–H and O–H groups in total. The molecule has 2 unspecified atom stereocenters. The first kappa shape index (κ1) is 18.3. The molecule has 1 amide bonds. The highest BCUT2D eigenvalue weighted by molar-refractivity contribution is 9.10. The quantitative estimate of drug-likeness (QED) is 0.741. The lowest BCUT2D eigenvalue weighted by Gasteiger charge is -2.17. The second-order valence-corrected chi connectivity index (χ2v) is 7.13. The zero-order chi connectivity index (χ0) is 18.7. The molecule has 2 atom stereocenters. The molecule has 1 heterocycles.